The first kappa shape index (κ1) is 16.8. The Labute approximate surface area is 156 Å². The summed E-state index contributed by atoms with van der Waals surface area (Å²) in [5.74, 6) is 0.328. The first-order valence-electron chi connectivity index (χ1n) is 8.57. The Morgan fingerprint density at radius 3 is 2.42 bits per heavy atom. The fraction of sp³-hybridized carbons (Fsp3) is 0.250. The number of hydrogen-bond donors (Lipinski definition) is 0. The highest BCUT2D eigenvalue weighted by Gasteiger charge is 2.34. The van der Waals surface area contributed by atoms with E-state index in [1.54, 1.807) is 24.3 Å². The minimum Gasteiger partial charge on any atom is -0.493 e. The molecule has 2 heterocycles. The molecule has 0 saturated carbocycles. The number of aliphatic imine (C=N–C) groups is 1. The summed E-state index contributed by atoms with van der Waals surface area (Å²) in [4.78, 5) is 30.2. The number of fused-ring (bicyclic) bond motifs is 2. The summed E-state index contributed by atoms with van der Waals surface area (Å²) >= 11 is 6.16. The highest BCUT2D eigenvalue weighted by atomic mass is 35.5. The normalized spacial score (nSPS) is 15.6. The second kappa shape index (κ2) is 6.92. The lowest BCUT2D eigenvalue weighted by Crippen LogP contribution is -2.31. The van der Waals surface area contributed by atoms with Crippen LogP contribution in [0.2, 0.25) is 0 Å². The second-order valence-electron chi connectivity index (χ2n) is 6.21. The van der Waals surface area contributed by atoms with E-state index in [0.717, 1.165) is 23.3 Å². The van der Waals surface area contributed by atoms with Gasteiger partial charge in [0.05, 0.1) is 17.7 Å². The van der Waals surface area contributed by atoms with E-state index in [2.05, 4.69) is 4.99 Å². The third kappa shape index (κ3) is 2.88. The van der Waals surface area contributed by atoms with Crippen molar-refractivity contribution in [1.82, 2.24) is 4.90 Å². The van der Waals surface area contributed by atoms with Crippen LogP contribution in [0.5, 0.6) is 5.75 Å². The van der Waals surface area contributed by atoms with E-state index in [9.17, 15) is 9.59 Å². The van der Waals surface area contributed by atoms with Gasteiger partial charge in [-0.2, -0.15) is 0 Å². The van der Waals surface area contributed by atoms with Gasteiger partial charge in [0.2, 0.25) is 0 Å². The van der Waals surface area contributed by atoms with Gasteiger partial charge in [0, 0.05) is 24.2 Å². The van der Waals surface area contributed by atoms with Gasteiger partial charge in [0.1, 0.15) is 10.9 Å². The van der Waals surface area contributed by atoms with Gasteiger partial charge in [0.15, 0.2) is 0 Å². The van der Waals surface area contributed by atoms with Crippen molar-refractivity contribution in [3.63, 3.8) is 0 Å². The van der Waals surface area contributed by atoms with E-state index >= 15 is 0 Å². The fourth-order valence-electron chi connectivity index (χ4n) is 3.35. The van der Waals surface area contributed by atoms with E-state index in [1.807, 2.05) is 18.2 Å². The third-order valence-electron chi connectivity index (χ3n) is 4.63. The highest BCUT2D eigenvalue weighted by Crippen LogP contribution is 2.28. The number of hydrogen-bond acceptors (Lipinski definition) is 4. The molecule has 0 radical (unpaired) electrons. The smallest absolute Gasteiger partial charge is 0.261 e. The first-order chi connectivity index (χ1) is 12.7. The van der Waals surface area contributed by atoms with Crippen LogP contribution in [0.4, 0.5) is 0 Å². The van der Waals surface area contributed by atoms with Crippen molar-refractivity contribution >= 4 is 28.6 Å². The standard InChI is InChI=1S/C20H17ClN2O3/c21-18-14-7-3-8-17(13(14)9-10-22-18)26-12-4-11-23-19(24)15-5-1-2-6-16(15)20(23)25/h1-3,5-8H,4,9-12H2. The summed E-state index contributed by atoms with van der Waals surface area (Å²) in [6, 6.07) is 12.7. The molecule has 2 amide bonds. The number of rotatable bonds is 5. The molecule has 0 aromatic heterocycles. The molecule has 0 aliphatic carbocycles. The zero-order valence-corrected chi connectivity index (χ0v) is 14.8. The molecular formula is C20H17ClN2O3. The lowest BCUT2D eigenvalue weighted by molar-refractivity contribution is 0.0646. The summed E-state index contributed by atoms with van der Waals surface area (Å²) in [6.45, 7) is 1.41. The summed E-state index contributed by atoms with van der Waals surface area (Å²) in [7, 11) is 0. The van der Waals surface area contributed by atoms with Crippen LogP contribution in [0.3, 0.4) is 0 Å². The van der Waals surface area contributed by atoms with Crippen molar-refractivity contribution in [1.29, 1.82) is 0 Å². The summed E-state index contributed by atoms with van der Waals surface area (Å²) in [5, 5.41) is 0.516. The molecule has 2 aromatic carbocycles. The summed E-state index contributed by atoms with van der Waals surface area (Å²) in [6.07, 6.45) is 1.36. The van der Waals surface area contributed by atoms with Crippen molar-refractivity contribution in [2.24, 2.45) is 4.99 Å². The van der Waals surface area contributed by atoms with E-state index in [0.29, 0.717) is 42.4 Å². The monoisotopic (exact) mass is 368 g/mol. The van der Waals surface area contributed by atoms with Crippen LogP contribution in [0.25, 0.3) is 0 Å². The molecule has 0 bridgehead atoms. The van der Waals surface area contributed by atoms with Crippen molar-refractivity contribution in [3.05, 3.63) is 64.7 Å². The number of carbonyl (C=O) groups is 2. The van der Waals surface area contributed by atoms with Crippen LogP contribution in [0, 0.1) is 0 Å². The zero-order valence-electron chi connectivity index (χ0n) is 14.1. The number of carbonyl (C=O) groups excluding carboxylic acids is 2. The molecule has 0 spiro atoms. The Bertz CT molecular complexity index is 888. The van der Waals surface area contributed by atoms with Gasteiger partial charge in [-0.1, -0.05) is 35.9 Å². The first-order valence-corrected chi connectivity index (χ1v) is 8.95. The number of benzene rings is 2. The molecule has 0 N–H and O–H groups in total. The number of nitrogens with zero attached hydrogens (tertiary/aromatic N) is 2. The van der Waals surface area contributed by atoms with Crippen LogP contribution < -0.4 is 4.74 Å². The molecule has 2 aliphatic rings. The van der Waals surface area contributed by atoms with Crippen molar-refractivity contribution in [3.8, 4) is 5.75 Å². The number of amides is 2. The van der Waals surface area contributed by atoms with Crippen LogP contribution in [-0.4, -0.2) is 41.6 Å². The summed E-state index contributed by atoms with van der Waals surface area (Å²) < 4.78 is 5.90. The van der Waals surface area contributed by atoms with Gasteiger partial charge in [-0.05, 0) is 31.0 Å². The Kier molecular flexibility index (Phi) is 4.47. The quantitative estimate of drug-likeness (QED) is 0.601. The van der Waals surface area contributed by atoms with Crippen LogP contribution >= 0.6 is 11.6 Å². The maximum Gasteiger partial charge on any atom is 0.261 e. The summed E-state index contributed by atoms with van der Waals surface area (Å²) in [5.41, 5.74) is 2.93. The maximum atomic E-state index is 12.3. The largest absolute Gasteiger partial charge is 0.493 e. The van der Waals surface area contributed by atoms with Gasteiger partial charge in [-0.15, -0.1) is 0 Å². The molecule has 0 fully saturated rings. The van der Waals surface area contributed by atoms with Gasteiger partial charge >= 0.3 is 0 Å². The molecule has 0 unspecified atom stereocenters. The lowest BCUT2D eigenvalue weighted by atomic mass is 10.0. The SMILES string of the molecule is O=C1c2ccccc2C(=O)N1CCCOc1cccc2c1CCN=C2Cl. The molecule has 26 heavy (non-hydrogen) atoms. The Balaban J connectivity index is 1.37. The Morgan fingerprint density at radius 1 is 1.00 bits per heavy atom. The lowest BCUT2D eigenvalue weighted by Gasteiger charge is -2.18. The predicted molar refractivity (Wildman–Crippen MR) is 99.3 cm³/mol. The fourth-order valence-corrected chi connectivity index (χ4v) is 3.61. The van der Waals surface area contributed by atoms with Gasteiger partial charge in [-0.25, -0.2) is 0 Å². The molecule has 2 aliphatic heterocycles. The van der Waals surface area contributed by atoms with Crippen molar-refractivity contribution in [2.45, 2.75) is 12.8 Å². The van der Waals surface area contributed by atoms with E-state index in [1.165, 1.54) is 4.90 Å². The van der Waals surface area contributed by atoms with Gasteiger partial charge in [-0.3, -0.25) is 19.5 Å². The number of halogens is 1. The predicted octanol–water partition coefficient (Wildman–Crippen LogP) is 3.29. The molecule has 0 atom stereocenters. The third-order valence-corrected chi connectivity index (χ3v) is 4.95. The average Bonchev–Trinajstić information content (AvgIpc) is 2.91. The number of imide groups is 1. The van der Waals surface area contributed by atoms with Crippen LogP contribution in [0.15, 0.2) is 47.5 Å². The minimum atomic E-state index is -0.231. The minimum absolute atomic E-state index is 0.231. The topological polar surface area (TPSA) is 59.0 Å². The average molecular weight is 369 g/mol. The van der Waals surface area contributed by atoms with E-state index in [-0.39, 0.29) is 11.8 Å². The number of ether oxygens (including phenoxy) is 1. The Morgan fingerprint density at radius 2 is 1.69 bits per heavy atom. The van der Waals surface area contributed by atoms with Crippen molar-refractivity contribution in [2.75, 3.05) is 19.7 Å². The van der Waals surface area contributed by atoms with Gasteiger partial charge in [0.25, 0.3) is 11.8 Å². The Hall–Kier alpha value is -2.66. The zero-order chi connectivity index (χ0) is 18.1. The van der Waals surface area contributed by atoms with Crippen LogP contribution in [0.1, 0.15) is 38.3 Å². The van der Waals surface area contributed by atoms with Crippen LogP contribution in [-0.2, 0) is 6.42 Å². The molecule has 132 valence electrons. The van der Waals surface area contributed by atoms with Crippen molar-refractivity contribution < 1.29 is 14.3 Å². The molecule has 0 saturated heterocycles. The molecule has 4 rings (SSSR count). The molecule has 6 heteroatoms. The highest BCUT2D eigenvalue weighted by molar-refractivity contribution is 6.69. The maximum absolute atomic E-state index is 12.3. The molecular weight excluding hydrogens is 352 g/mol. The molecule has 5 nitrogen and oxygen atoms in total. The van der Waals surface area contributed by atoms with E-state index in [4.69, 9.17) is 16.3 Å². The van der Waals surface area contributed by atoms with E-state index < -0.39 is 0 Å². The van der Waals surface area contributed by atoms with Gasteiger partial charge < -0.3 is 4.74 Å². The second-order valence-corrected chi connectivity index (χ2v) is 6.57. The molecule has 2 aromatic rings.